The number of ether oxygens (including phenoxy) is 1. The Kier molecular flexibility index (Phi) is 4.32. The fourth-order valence-electron chi connectivity index (χ4n) is 3.90. The summed E-state index contributed by atoms with van der Waals surface area (Å²) in [5.41, 5.74) is 6.42. The summed E-state index contributed by atoms with van der Waals surface area (Å²) in [6.07, 6.45) is 6.60. The lowest BCUT2D eigenvalue weighted by Gasteiger charge is -2.06. The molecule has 0 saturated heterocycles. The Morgan fingerprint density at radius 3 is 2.73 bits per heavy atom. The highest BCUT2D eigenvalue weighted by Gasteiger charge is 2.16. The van der Waals surface area contributed by atoms with Crippen molar-refractivity contribution in [2.24, 2.45) is 0 Å². The molecule has 160 valence electrons. The summed E-state index contributed by atoms with van der Waals surface area (Å²) in [4.78, 5) is 21.0. The topological polar surface area (TPSA) is 105 Å². The number of fused-ring (bicyclic) bond motifs is 2. The van der Waals surface area contributed by atoms with Gasteiger partial charge in [0, 0.05) is 30.0 Å². The summed E-state index contributed by atoms with van der Waals surface area (Å²) in [6, 6.07) is 12.2. The van der Waals surface area contributed by atoms with Gasteiger partial charge in [-0.2, -0.15) is 5.10 Å². The van der Waals surface area contributed by atoms with Crippen molar-refractivity contribution >= 4 is 22.1 Å². The predicted octanol–water partition coefficient (Wildman–Crippen LogP) is 4.77. The molecule has 0 amide bonds. The Morgan fingerprint density at radius 1 is 0.939 bits per heavy atom. The fraction of sp³-hybridized carbons (Fsp3) is 0.0417. The second kappa shape index (κ2) is 7.49. The monoisotopic (exact) mass is 437 g/mol. The molecule has 0 radical (unpaired) electrons. The van der Waals surface area contributed by atoms with Gasteiger partial charge in [-0.15, -0.1) is 0 Å². The van der Waals surface area contributed by atoms with Crippen LogP contribution in [0.3, 0.4) is 0 Å². The molecular weight excluding hydrogens is 421 g/mol. The zero-order valence-electron chi connectivity index (χ0n) is 17.4. The van der Waals surface area contributed by atoms with Gasteiger partial charge in [-0.3, -0.25) is 15.1 Å². The van der Waals surface area contributed by atoms with Gasteiger partial charge in [0.25, 0.3) is 0 Å². The zero-order chi connectivity index (χ0) is 22.4. The third kappa shape index (κ3) is 3.26. The molecule has 2 N–H and O–H groups in total. The summed E-state index contributed by atoms with van der Waals surface area (Å²) >= 11 is 0. The number of halogens is 1. The number of H-pyrrole nitrogens is 2. The summed E-state index contributed by atoms with van der Waals surface area (Å²) in [5.74, 6) is 0.0777. The first kappa shape index (κ1) is 19.1. The van der Waals surface area contributed by atoms with Crippen LogP contribution < -0.4 is 4.74 Å². The van der Waals surface area contributed by atoms with E-state index < -0.39 is 0 Å². The maximum Gasteiger partial charge on any atom is 0.138 e. The maximum atomic E-state index is 14.1. The van der Waals surface area contributed by atoms with E-state index in [-0.39, 0.29) is 5.82 Å². The Labute approximate surface area is 186 Å². The first-order valence-electron chi connectivity index (χ1n) is 10.1. The van der Waals surface area contributed by atoms with Crippen LogP contribution in [0, 0.1) is 5.82 Å². The third-order valence-electron chi connectivity index (χ3n) is 5.44. The lowest BCUT2D eigenvalue weighted by Crippen LogP contribution is -1.89. The quantitative estimate of drug-likeness (QED) is 0.411. The minimum absolute atomic E-state index is 0.371. The molecule has 9 heteroatoms. The second-order valence-electron chi connectivity index (χ2n) is 7.44. The number of hydrogen-bond acceptors (Lipinski definition) is 6. The normalized spacial score (nSPS) is 11.3. The van der Waals surface area contributed by atoms with Gasteiger partial charge < -0.3 is 9.72 Å². The van der Waals surface area contributed by atoms with Gasteiger partial charge in [-0.1, -0.05) is 0 Å². The van der Waals surface area contributed by atoms with Crippen LogP contribution in [0.15, 0.2) is 67.3 Å². The summed E-state index contributed by atoms with van der Waals surface area (Å²) in [6.45, 7) is 0. The molecule has 5 aromatic heterocycles. The molecular formula is C24H16FN7O. The van der Waals surface area contributed by atoms with Gasteiger partial charge >= 0.3 is 0 Å². The summed E-state index contributed by atoms with van der Waals surface area (Å²) in [7, 11) is 1.51. The van der Waals surface area contributed by atoms with Crippen molar-refractivity contribution < 1.29 is 9.13 Å². The van der Waals surface area contributed by atoms with Gasteiger partial charge in [0.05, 0.1) is 30.2 Å². The van der Waals surface area contributed by atoms with Crippen LogP contribution in [0.25, 0.3) is 56.0 Å². The molecule has 0 spiro atoms. The zero-order valence-corrected chi connectivity index (χ0v) is 17.4. The van der Waals surface area contributed by atoms with E-state index in [1.54, 1.807) is 30.9 Å². The van der Waals surface area contributed by atoms with E-state index in [4.69, 9.17) is 9.72 Å². The number of aromatic nitrogens is 7. The smallest absolute Gasteiger partial charge is 0.138 e. The van der Waals surface area contributed by atoms with Crippen LogP contribution in [0.1, 0.15) is 0 Å². The van der Waals surface area contributed by atoms with Gasteiger partial charge in [0.15, 0.2) is 0 Å². The largest absolute Gasteiger partial charge is 0.497 e. The summed E-state index contributed by atoms with van der Waals surface area (Å²) < 4.78 is 19.4. The van der Waals surface area contributed by atoms with E-state index in [1.807, 2.05) is 24.3 Å². The van der Waals surface area contributed by atoms with E-state index in [0.717, 1.165) is 22.2 Å². The number of methoxy groups -OCH3 is 1. The summed E-state index contributed by atoms with van der Waals surface area (Å²) in [5, 5.41) is 8.34. The Balaban J connectivity index is 1.50. The number of aromatic amines is 2. The Bertz CT molecular complexity index is 1620. The molecule has 0 aliphatic rings. The number of nitrogens with zero attached hydrogens (tertiary/aromatic N) is 5. The molecule has 0 saturated carbocycles. The van der Waals surface area contributed by atoms with E-state index in [2.05, 4.69) is 30.1 Å². The average molecular weight is 437 g/mol. The molecule has 1 aromatic carbocycles. The third-order valence-corrected chi connectivity index (χ3v) is 5.44. The van der Waals surface area contributed by atoms with Gasteiger partial charge in [0.2, 0.25) is 0 Å². The molecule has 0 unspecified atom stereocenters. The van der Waals surface area contributed by atoms with E-state index >= 15 is 0 Å². The average Bonchev–Trinajstić information content (AvgIpc) is 3.47. The molecule has 6 rings (SSSR count). The van der Waals surface area contributed by atoms with Crippen molar-refractivity contribution in [3.63, 3.8) is 0 Å². The lowest BCUT2D eigenvalue weighted by atomic mass is 10.0. The van der Waals surface area contributed by atoms with Crippen LogP contribution in [0.4, 0.5) is 4.39 Å². The second-order valence-corrected chi connectivity index (χ2v) is 7.44. The van der Waals surface area contributed by atoms with Crippen molar-refractivity contribution in [2.75, 3.05) is 7.11 Å². The van der Waals surface area contributed by atoms with Crippen LogP contribution in [-0.2, 0) is 0 Å². The predicted molar refractivity (Wildman–Crippen MR) is 122 cm³/mol. The molecule has 6 aromatic rings. The highest BCUT2D eigenvalue weighted by molar-refractivity contribution is 5.99. The van der Waals surface area contributed by atoms with Crippen LogP contribution in [-0.4, -0.2) is 42.2 Å². The molecule has 0 atom stereocenters. The first-order valence-corrected chi connectivity index (χ1v) is 10.1. The van der Waals surface area contributed by atoms with Crippen molar-refractivity contribution in [1.82, 2.24) is 35.1 Å². The minimum Gasteiger partial charge on any atom is -0.497 e. The minimum atomic E-state index is -0.371. The highest BCUT2D eigenvalue weighted by Crippen LogP contribution is 2.34. The molecule has 0 bridgehead atoms. The molecule has 5 heterocycles. The molecule has 0 aliphatic heterocycles. The van der Waals surface area contributed by atoms with Gasteiger partial charge in [-0.05, 0) is 47.5 Å². The molecule has 0 aliphatic carbocycles. The molecule has 33 heavy (non-hydrogen) atoms. The number of pyridine rings is 2. The SMILES string of the molecule is COc1cc(F)cc(-c2ccnc3[nH]c(-c4n[nH]c5ccc(-c6cnccn6)nc45)cc23)c1. The Hall–Kier alpha value is -4.66. The van der Waals surface area contributed by atoms with E-state index in [1.165, 1.54) is 19.2 Å². The van der Waals surface area contributed by atoms with Crippen LogP contribution in [0.5, 0.6) is 5.75 Å². The lowest BCUT2D eigenvalue weighted by molar-refractivity contribution is 0.411. The van der Waals surface area contributed by atoms with E-state index in [0.29, 0.717) is 39.6 Å². The fourth-order valence-corrected chi connectivity index (χ4v) is 3.90. The van der Waals surface area contributed by atoms with E-state index in [9.17, 15) is 4.39 Å². The van der Waals surface area contributed by atoms with Crippen LogP contribution >= 0.6 is 0 Å². The van der Waals surface area contributed by atoms with Crippen molar-refractivity contribution in [3.8, 4) is 39.7 Å². The highest BCUT2D eigenvalue weighted by atomic mass is 19.1. The van der Waals surface area contributed by atoms with Gasteiger partial charge in [0.1, 0.15) is 34.1 Å². The Morgan fingerprint density at radius 2 is 1.88 bits per heavy atom. The molecule has 8 nitrogen and oxygen atoms in total. The van der Waals surface area contributed by atoms with Crippen molar-refractivity contribution in [1.29, 1.82) is 0 Å². The number of hydrogen-bond donors (Lipinski definition) is 2. The first-order chi connectivity index (χ1) is 16.2. The van der Waals surface area contributed by atoms with Crippen molar-refractivity contribution in [3.05, 3.63) is 73.1 Å². The van der Waals surface area contributed by atoms with Crippen LogP contribution in [0.2, 0.25) is 0 Å². The van der Waals surface area contributed by atoms with Gasteiger partial charge in [-0.25, -0.2) is 14.4 Å². The number of benzene rings is 1. The maximum absolute atomic E-state index is 14.1. The number of rotatable bonds is 4. The number of nitrogens with one attached hydrogen (secondary N) is 2. The molecule has 0 fully saturated rings. The standard InChI is InChI=1S/C24H16FN7O/c1-33-15-9-13(8-14(25)10-15)16-4-5-28-24-17(16)11-20(30-24)23-22-19(31-32-23)3-2-18(29-22)21-12-26-6-7-27-21/h2-12H,1H3,(H,28,30)(H,31,32). The van der Waals surface area contributed by atoms with Crippen molar-refractivity contribution in [2.45, 2.75) is 0 Å².